The van der Waals surface area contributed by atoms with Crippen LogP contribution in [0.4, 0.5) is 0 Å². The number of hydrogen-bond donors (Lipinski definition) is 1. The van der Waals surface area contributed by atoms with Gasteiger partial charge in [-0.25, -0.2) is 0 Å². The number of carbonyl (C=O) groups is 2. The van der Waals surface area contributed by atoms with Crippen LogP contribution in [0.15, 0.2) is 47.6 Å². The van der Waals surface area contributed by atoms with E-state index in [9.17, 15) is 9.59 Å². The number of amides is 1. The van der Waals surface area contributed by atoms with Crippen molar-refractivity contribution in [3.63, 3.8) is 0 Å². The van der Waals surface area contributed by atoms with Crippen LogP contribution in [-0.4, -0.2) is 45.5 Å². The number of fused-ring (bicyclic) bond motifs is 1. The van der Waals surface area contributed by atoms with Crippen molar-refractivity contribution < 1.29 is 19.1 Å². The normalized spacial score (nSPS) is 12.1. The van der Waals surface area contributed by atoms with Gasteiger partial charge in [-0.2, -0.15) is 0 Å². The van der Waals surface area contributed by atoms with Crippen molar-refractivity contribution in [1.82, 2.24) is 20.1 Å². The highest BCUT2D eigenvalue weighted by Gasteiger charge is 2.20. The van der Waals surface area contributed by atoms with E-state index in [-0.39, 0.29) is 24.2 Å². The summed E-state index contributed by atoms with van der Waals surface area (Å²) in [6.45, 7) is 4.33. The van der Waals surface area contributed by atoms with E-state index in [1.165, 1.54) is 24.2 Å². The Labute approximate surface area is 196 Å². The topological polar surface area (TPSA) is 95.3 Å². The van der Waals surface area contributed by atoms with Gasteiger partial charge in [0.2, 0.25) is 12.7 Å². The summed E-state index contributed by atoms with van der Waals surface area (Å²) in [5, 5.41) is 12.2. The first-order valence-electron chi connectivity index (χ1n) is 10.9. The fraction of sp³-hybridized carbons (Fsp3) is 0.333. The summed E-state index contributed by atoms with van der Waals surface area (Å²) in [7, 11) is 0. The number of ketones is 1. The molecule has 9 heteroatoms. The van der Waals surface area contributed by atoms with Crippen LogP contribution in [0.5, 0.6) is 11.5 Å². The van der Waals surface area contributed by atoms with E-state index < -0.39 is 0 Å². The van der Waals surface area contributed by atoms with Crippen molar-refractivity contribution in [2.45, 2.75) is 38.3 Å². The summed E-state index contributed by atoms with van der Waals surface area (Å²) in [5.74, 6) is 2.33. The Kier molecular flexibility index (Phi) is 7.29. The number of Topliss-reactive ketones (excluding diaryl/α,β-unsaturated/α-hetero) is 1. The quantitative estimate of drug-likeness (QED) is 0.277. The first kappa shape index (κ1) is 22.8. The van der Waals surface area contributed by atoms with Crippen molar-refractivity contribution in [2.75, 3.05) is 19.1 Å². The molecule has 2 heterocycles. The van der Waals surface area contributed by atoms with Crippen LogP contribution >= 0.6 is 11.8 Å². The maximum absolute atomic E-state index is 12.7. The second-order valence-electron chi connectivity index (χ2n) is 7.62. The molecule has 0 spiro atoms. The molecule has 0 fully saturated rings. The molecule has 0 atom stereocenters. The van der Waals surface area contributed by atoms with E-state index in [0.717, 1.165) is 24.4 Å². The third-order valence-corrected chi connectivity index (χ3v) is 6.21. The number of nitrogens with zero attached hydrogens (tertiary/aromatic N) is 3. The number of thioether (sulfide) groups is 1. The maximum atomic E-state index is 12.7. The number of aromatic nitrogens is 3. The molecule has 1 N–H and O–H groups in total. The first-order chi connectivity index (χ1) is 16.0. The lowest BCUT2D eigenvalue weighted by atomic mass is 10.1. The summed E-state index contributed by atoms with van der Waals surface area (Å²) < 4.78 is 12.9. The Morgan fingerprint density at radius 3 is 2.64 bits per heavy atom. The molecule has 172 valence electrons. The molecule has 8 nitrogen and oxygen atoms in total. The average molecular weight is 467 g/mol. The number of ether oxygens (including phenoxy) is 2. The van der Waals surface area contributed by atoms with Gasteiger partial charge >= 0.3 is 0 Å². The number of hydrogen-bond acceptors (Lipinski definition) is 7. The second-order valence-corrected chi connectivity index (χ2v) is 8.56. The Hall–Kier alpha value is -3.33. The number of benzene rings is 2. The van der Waals surface area contributed by atoms with E-state index in [2.05, 4.69) is 22.4 Å². The second kappa shape index (κ2) is 10.5. The van der Waals surface area contributed by atoms with Crippen molar-refractivity contribution in [1.29, 1.82) is 0 Å². The molecule has 1 aromatic heterocycles. The van der Waals surface area contributed by atoms with E-state index in [4.69, 9.17) is 9.47 Å². The monoisotopic (exact) mass is 466 g/mol. The zero-order chi connectivity index (χ0) is 23.2. The standard InChI is InChI=1S/C24H26N4O4S/c1-3-17-6-8-18(9-7-17)20(30)14-33-24-27-26-23(5-4-12-25-16(2)29)28(24)19-10-11-21-22(13-19)32-15-31-21/h6-11,13H,3-5,12,14-15H2,1-2H3,(H,25,29). The fourth-order valence-corrected chi connectivity index (χ4v) is 4.36. The van der Waals surface area contributed by atoms with Crippen molar-refractivity contribution in [3.05, 3.63) is 59.4 Å². The zero-order valence-electron chi connectivity index (χ0n) is 18.7. The van der Waals surface area contributed by atoms with Crippen molar-refractivity contribution in [2.24, 2.45) is 0 Å². The molecular weight excluding hydrogens is 440 g/mol. The zero-order valence-corrected chi connectivity index (χ0v) is 19.5. The van der Waals surface area contributed by atoms with Gasteiger partial charge in [-0.05, 0) is 30.5 Å². The minimum Gasteiger partial charge on any atom is -0.454 e. The predicted octanol–water partition coefficient (Wildman–Crippen LogP) is 3.60. The molecule has 1 aliphatic heterocycles. The van der Waals surface area contributed by atoms with Gasteiger partial charge in [0.05, 0.1) is 11.4 Å². The van der Waals surface area contributed by atoms with E-state index >= 15 is 0 Å². The van der Waals surface area contributed by atoms with Crippen LogP contribution < -0.4 is 14.8 Å². The minimum absolute atomic E-state index is 0.0371. The lowest BCUT2D eigenvalue weighted by Gasteiger charge is -2.11. The lowest BCUT2D eigenvalue weighted by Crippen LogP contribution is -2.21. The molecule has 0 aliphatic carbocycles. The molecule has 0 radical (unpaired) electrons. The third-order valence-electron chi connectivity index (χ3n) is 5.28. The van der Waals surface area contributed by atoms with Gasteiger partial charge in [-0.15, -0.1) is 10.2 Å². The van der Waals surface area contributed by atoms with Crippen LogP contribution in [0, 0.1) is 0 Å². The molecule has 33 heavy (non-hydrogen) atoms. The van der Waals surface area contributed by atoms with Gasteiger partial charge in [0.25, 0.3) is 0 Å². The Morgan fingerprint density at radius 2 is 1.88 bits per heavy atom. The molecule has 0 saturated carbocycles. The van der Waals surface area contributed by atoms with Crippen molar-refractivity contribution in [3.8, 4) is 17.2 Å². The summed E-state index contributed by atoms with van der Waals surface area (Å²) in [6.07, 6.45) is 2.27. The Morgan fingerprint density at radius 1 is 1.09 bits per heavy atom. The molecule has 0 saturated heterocycles. The van der Waals surface area contributed by atoms with Gasteiger partial charge in [0.1, 0.15) is 5.82 Å². The van der Waals surface area contributed by atoms with Crippen LogP contribution in [-0.2, 0) is 17.6 Å². The molecule has 0 bridgehead atoms. The van der Waals surface area contributed by atoms with E-state index in [0.29, 0.717) is 35.2 Å². The number of rotatable bonds is 10. The minimum atomic E-state index is -0.0611. The summed E-state index contributed by atoms with van der Waals surface area (Å²) >= 11 is 1.35. The highest BCUT2D eigenvalue weighted by molar-refractivity contribution is 7.99. The molecule has 1 aliphatic rings. The molecule has 2 aromatic carbocycles. The highest BCUT2D eigenvalue weighted by atomic mass is 32.2. The third kappa shape index (κ3) is 5.54. The molecule has 0 unspecified atom stereocenters. The first-order valence-corrected chi connectivity index (χ1v) is 11.9. The maximum Gasteiger partial charge on any atom is 0.231 e. The number of carbonyl (C=O) groups excluding carboxylic acids is 2. The largest absolute Gasteiger partial charge is 0.454 e. The number of aryl methyl sites for hydroxylation is 2. The summed E-state index contributed by atoms with van der Waals surface area (Å²) in [6, 6.07) is 13.4. The summed E-state index contributed by atoms with van der Waals surface area (Å²) in [4.78, 5) is 23.9. The molecule has 3 aromatic rings. The van der Waals surface area contributed by atoms with Gasteiger partial charge in [0, 0.05) is 31.5 Å². The molecular formula is C24H26N4O4S. The van der Waals surface area contributed by atoms with E-state index in [1.54, 1.807) is 0 Å². The van der Waals surface area contributed by atoms with Crippen LogP contribution in [0.3, 0.4) is 0 Å². The lowest BCUT2D eigenvalue weighted by molar-refractivity contribution is -0.118. The highest BCUT2D eigenvalue weighted by Crippen LogP contribution is 2.35. The van der Waals surface area contributed by atoms with Crippen molar-refractivity contribution >= 4 is 23.5 Å². The Balaban J connectivity index is 1.53. The SMILES string of the molecule is CCc1ccc(C(=O)CSc2nnc(CCCNC(C)=O)n2-c2ccc3c(c2)OCO3)cc1. The van der Waals surface area contributed by atoms with Gasteiger partial charge in [-0.1, -0.05) is 43.0 Å². The number of nitrogens with one attached hydrogen (secondary N) is 1. The summed E-state index contributed by atoms with van der Waals surface area (Å²) in [5.41, 5.74) is 2.72. The van der Waals surface area contributed by atoms with Gasteiger partial charge in [-0.3, -0.25) is 14.2 Å². The molecule has 1 amide bonds. The van der Waals surface area contributed by atoms with Gasteiger partial charge in [0.15, 0.2) is 22.4 Å². The average Bonchev–Trinajstić information content (AvgIpc) is 3.46. The Bertz CT molecular complexity index is 1140. The van der Waals surface area contributed by atoms with Crippen LogP contribution in [0.25, 0.3) is 5.69 Å². The molecule has 4 rings (SSSR count). The van der Waals surface area contributed by atoms with Crippen LogP contribution in [0.2, 0.25) is 0 Å². The van der Waals surface area contributed by atoms with Gasteiger partial charge < -0.3 is 14.8 Å². The fourth-order valence-electron chi connectivity index (χ4n) is 3.49. The predicted molar refractivity (Wildman–Crippen MR) is 125 cm³/mol. The smallest absolute Gasteiger partial charge is 0.231 e. The van der Waals surface area contributed by atoms with E-state index in [1.807, 2.05) is 47.0 Å². The van der Waals surface area contributed by atoms with Crippen LogP contribution in [0.1, 0.15) is 42.0 Å².